The fourth-order valence-electron chi connectivity index (χ4n) is 3.73. The van der Waals surface area contributed by atoms with Crippen LogP contribution in [0.15, 0.2) is 97.7 Å². The number of fused-ring (bicyclic) bond motifs is 1. The molecule has 0 heteroatoms. The Kier molecular flexibility index (Phi) is 4.11. The number of rotatable bonds is 3. The monoisotopic (exact) mass is 322 g/mol. The van der Waals surface area contributed by atoms with Gasteiger partial charge in [-0.2, -0.15) is 0 Å². The van der Waals surface area contributed by atoms with Crippen LogP contribution in [0.1, 0.15) is 29.0 Å². The van der Waals surface area contributed by atoms with E-state index in [0.717, 1.165) is 18.4 Å². The second kappa shape index (κ2) is 6.57. The highest BCUT2D eigenvalue weighted by atomic mass is 14.2. The highest BCUT2D eigenvalue weighted by Crippen LogP contribution is 2.38. The van der Waals surface area contributed by atoms with Crippen molar-refractivity contribution in [2.24, 2.45) is 0 Å². The van der Waals surface area contributed by atoms with Gasteiger partial charge in [0, 0.05) is 5.92 Å². The van der Waals surface area contributed by atoms with Crippen LogP contribution in [0.3, 0.4) is 0 Å². The summed E-state index contributed by atoms with van der Waals surface area (Å²) >= 11 is 0. The lowest BCUT2D eigenvalue weighted by Gasteiger charge is -2.14. The molecule has 0 N–H and O–H groups in total. The first-order chi connectivity index (χ1) is 12.3. The average molecular weight is 322 g/mol. The molecule has 0 saturated heterocycles. The van der Waals surface area contributed by atoms with Gasteiger partial charge in [0.25, 0.3) is 0 Å². The molecule has 0 spiro atoms. The Bertz CT molecular complexity index is 917. The Morgan fingerprint density at radius 2 is 1.76 bits per heavy atom. The van der Waals surface area contributed by atoms with Crippen molar-refractivity contribution in [3.8, 4) is 11.1 Å². The van der Waals surface area contributed by atoms with Gasteiger partial charge in [0.15, 0.2) is 0 Å². The van der Waals surface area contributed by atoms with E-state index in [0.29, 0.717) is 5.92 Å². The Morgan fingerprint density at radius 3 is 2.48 bits per heavy atom. The summed E-state index contributed by atoms with van der Waals surface area (Å²) in [5.41, 5.74) is 8.93. The molecule has 0 aromatic heterocycles. The lowest BCUT2D eigenvalue weighted by atomic mass is 9.91. The first kappa shape index (κ1) is 15.7. The van der Waals surface area contributed by atoms with Crippen LogP contribution in [-0.4, -0.2) is 0 Å². The summed E-state index contributed by atoms with van der Waals surface area (Å²) in [6.45, 7) is 8.08. The first-order valence-electron chi connectivity index (χ1n) is 8.84. The highest BCUT2D eigenvalue weighted by Gasteiger charge is 2.19. The molecule has 25 heavy (non-hydrogen) atoms. The Labute approximate surface area is 150 Å². The SMILES string of the molecule is C=C/C=C1/Cc2ccc(-c3ccc(C4C=CC=CC4)cc3)cc2C1=C. The summed E-state index contributed by atoms with van der Waals surface area (Å²) < 4.78 is 0. The van der Waals surface area contributed by atoms with Gasteiger partial charge in [-0.3, -0.25) is 0 Å². The second-order valence-electron chi connectivity index (χ2n) is 6.73. The van der Waals surface area contributed by atoms with E-state index >= 15 is 0 Å². The molecule has 0 aliphatic heterocycles. The Morgan fingerprint density at radius 1 is 0.960 bits per heavy atom. The average Bonchev–Trinajstić information content (AvgIpc) is 2.98. The van der Waals surface area contributed by atoms with Crippen molar-refractivity contribution in [1.29, 1.82) is 0 Å². The normalized spacial score (nSPS) is 20.1. The first-order valence-corrected chi connectivity index (χ1v) is 8.84. The molecule has 1 unspecified atom stereocenters. The van der Waals surface area contributed by atoms with Gasteiger partial charge in [-0.05, 0) is 57.9 Å². The van der Waals surface area contributed by atoms with Crippen LogP contribution in [-0.2, 0) is 6.42 Å². The summed E-state index contributed by atoms with van der Waals surface area (Å²) in [5, 5.41) is 0. The van der Waals surface area contributed by atoms with E-state index in [-0.39, 0.29) is 0 Å². The minimum absolute atomic E-state index is 0.505. The number of hydrogen-bond acceptors (Lipinski definition) is 0. The minimum Gasteiger partial charge on any atom is -0.0991 e. The lowest BCUT2D eigenvalue weighted by Crippen LogP contribution is -1.95. The molecule has 2 aromatic rings. The third-order valence-corrected chi connectivity index (χ3v) is 5.18. The molecule has 0 saturated carbocycles. The third-order valence-electron chi connectivity index (χ3n) is 5.18. The van der Waals surface area contributed by atoms with Crippen LogP contribution in [0, 0.1) is 0 Å². The summed E-state index contributed by atoms with van der Waals surface area (Å²) in [5.74, 6) is 0.505. The van der Waals surface area contributed by atoms with Crippen molar-refractivity contribution in [3.63, 3.8) is 0 Å². The summed E-state index contributed by atoms with van der Waals surface area (Å²) in [7, 11) is 0. The molecule has 0 nitrogen and oxygen atoms in total. The maximum atomic E-state index is 4.28. The van der Waals surface area contributed by atoms with E-state index in [1.807, 2.05) is 6.08 Å². The van der Waals surface area contributed by atoms with Gasteiger partial charge in [-0.15, -0.1) is 0 Å². The van der Waals surface area contributed by atoms with Crippen LogP contribution in [0.25, 0.3) is 16.7 Å². The standard InChI is InChI=1S/C25H22/c1-3-7-22-16-24-15-14-23(17-25(24)18(22)2)21-12-10-20(11-13-21)19-8-5-4-6-9-19/h3-8,10-15,17,19H,1-2,9,16H2/b22-7-. The van der Waals surface area contributed by atoms with E-state index in [1.165, 1.54) is 33.4 Å². The van der Waals surface area contributed by atoms with Crippen molar-refractivity contribution >= 4 is 5.57 Å². The van der Waals surface area contributed by atoms with E-state index in [2.05, 4.69) is 86.0 Å². The van der Waals surface area contributed by atoms with Crippen molar-refractivity contribution in [3.05, 3.63) is 114 Å². The molecule has 0 heterocycles. The summed E-state index contributed by atoms with van der Waals surface area (Å²) in [4.78, 5) is 0. The van der Waals surface area contributed by atoms with Crippen molar-refractivity contribution in [2.45, 2.75) is 18.8 Å². The van der Waals surface area contributed by atoms with Crippen LogP contribution in [0.5, 0.6) is 0 Å². The summed E-state index contributed by atoms with van der Waals surface area (Å²) in [6, 6.07) is 15.7. The number of hydrogen-bond donors (Lipinski definition) is 0. The second-order valence-corrected chi connectivity index (χ2v) is 6.73. The zero-order valence-corrected chi connectivity index (χ0v) is 14.4. The number of allylic oxidation sites excluding steroid dienone is 8. The third kappa shape index (κ3) is 2.96. The fraction of sp³-hybridized carbons (Fsp3) is 0.120. The van der Waals surface area contributed by atoms with Gasteiger partial charge >= 0.3 is 0 Å². The maximum Gasteiger partial charge on any atom is 0.00557 e. The maximum absolute atomic E-state index is 4.28. The van der Waals surface area contributed by atoms with Gasteiger partial charge in [0.1, 0.15) is 0 Å². The predicted octanol–water partition coefficient (Wildman–Crippen LogP) is 6.64. The minimum atomic E-state index is 0.505. The number of benzene rings is 2. The zero-order chi connectivity index (χ0) is 17.2. The van der Waals surface area contributed by atoms with Gasteiger partial charge in [-0.1, -0.05) is 86.0 Å². The van der Waals surface area contributed by atoms with Crippen LogP contribution in [0.2, 0.25) is 0 Å². The Hall–Kier alpha value is -2.86. The molecule has 0 bridgehead atoms. The molecule has 4 rings (SSSR count). The topological polar surface area (TPSA) is 0 Å². The smallest absolute Gasteiger partial charge is 0.00557 e. The highest BCUT2D eigenvalue weighted by molar-refractivity contribution is 5.87. The van der Waals surface area contributed by atoms with E-state index in [4.69, 9.17) is 0 Å². The quantitative estimate of drug-likeness (QED) is 0.594. The van der Waals surface area contributed by atoms with Crippen molar-refractivity contribution in [1.82, 2.24) is 0 Å². The largest absolute Gasteiger partial charge is 0.0991 e. The van der Waals surface area contributed by atoms with Crippen LogP contribution >= 0.6 is 0 Å². The van der Waals surface area contributed by atoms with E-state index in [1.54, 1.807) is 0 Å². The molecule has 0 amide bonds. The molecular weight excluding hydrogens is 300 g/mol. The van der Waals surface area contributed by atoms with Gasteiger partial charge in [0.05, 0.1) is 0 Å². The molecule has 2 aromatic carbocycles. The van der Waals surface area contributed by atoms with Gasteiger partial charge < -0.3 is 0 Å². The van der Waals surface area contributed by atoms with Crippen LogP contribution in [0.4, 0.5) is 0 Å². The molecule has 1 atom stereocenters. The molecule has 2 aliphatic rings. The molecule has 2 aliphatic carbocycles. The fourth-order valence-corrected chi connectivity index (χ4v) is 3.73. The molecule has 0 radical (unpaired) electrons. The van der Waals surface area contributed by atoms with Crippen LogP contribution < -0.4 is 0 Å². The molecule has 0 fully saturated rings. The molecule has 122 valence electrons. The zero-order valence-electron chi connectivity index (χ0n) is 14.4. The van der Waals surface area contributed by atoms with Gasteiger partial charge in [-0.25, -0.2) is 0 Å². The lowest BCUT2D eigenvalue weighted by molar-refractivity contribution is 0.854. The van der Waals surface area contributed by atoms with E-state index < -0.39 is 0 Å². The molecular formula is C25H22. The van der Waals surface area contributed by atoms with Gasteiger partial charge in [0.2, 0.25) is 0 Å². The predicted molar refractivity (Wildman–Crippen MR) is 109 cm³/mol. The Balaban J connectivity index is 1.62. The van der Waals surface area contributed by atoms with Crippen molar-refractivity contribution < 1.29 is 0 Å². The van der Waals surface area contributed by atoms with Crippen molar-refractivity contribution in [2.75, 3.05) is 0 Å². The summed E-state index contributed by atoms with van der Waals surface area (Å²) in [6.07, 6.45) is 14.7. The van der Waals surface area contributed by atoms with E-state index in [9.17, 15) is 0 Å².